The van der Waals surface area contributed by atoms with Gasteiger partial charge in [0.2, 0.25) is 0 Å². The summed E-state index contributed by atoms with van der Waals surface area (Å²) in [6, 6.07) is 14.0. The molecule has 3 heterocycles. The van der Waals surface area contributed by atoms with E-state index >= 15 is 0 Å². The highest BCUT2D eigenvalue weighted by atomic mass is 16.5. The summed E-state index contributed by atoms with van der Waals surface area (Å²) in [6.45, 7) is 1.78. The Balaban J connectivity index is 1.67. The number of aromatic nitrogens is 3. The van der Waals surface area contributed by atoms with Gasteiger partial charge >= 0.3 is 0 Å². The van der Waals surface area contributed by atoms with E-state index in [1.165, 1.54) is 5.56 Å². The van der Waals surface area contributed by atoms with Crippen LogP contribution in [0.15, 0.2) is 42.7 Å². The number of aryl methyl sites for hydroxylation is 1. The summed E-state index contributed by atoms with van der Waals surface area (Å²) in [5, 5.41) is 13.3. The Hall–Kier alpha value is -2.71. The van der Waals surface area contributed by atoms with Crippen molar-refractivity contribution in [2.45, 2.75) is 19.3 Å². The van der Waals surface area contributed by atoms with Crippen molar-refractivity contribution in [3.63, 3.8) is 0 Å². The molecule has 1 unspecified atom stereocenters. The summed E-state index contributed by atoms with van der Waals surface area (Å²) in [5.74, 6) is 0.664. The second-order valence-corrected chi connectivity index (χ2v) is 6.24. The normalized spacial score (nSPS) is 17.2. The maximum Gasteiger partial charge on any atom is 0.156 e. The Morgan fingerprint density at radius 2 is 2.12 bits per heavy atom. The molecule has 0 radical (unpaired) electrons. The van der Waals surface area contributed by atoms with Gasteiger partial charge in [0.15, 0.2) is 5.65 Å². The van der Waals surface area contributed by atoms with Crippen molar-refractivity contribution in [2.24, 2.45) is 5.92 Å². The predicted molar refractivity (Wildman–Crippen MR) is 90.4 cm³/mol. The quantitative estimate of drug-likeness (QED) is 0.741. The van der Waals surface area contributed by atoms with Crippen LogP contribution >= 0.6 is 0 Å². The minimum Gasteiger partial charge on any atom is -0.381 e. The number of pyridine rings is 1. The van der Waals surface area contributed by atoms with Crippen molar-refractivity contribution in [1.29, 1.82) is 5.26 Å². The molecule has 0 spiro atoms. The van der Waals surface area contributed by atoms with Crippen LogP contribution < -0.4 is 0 Å². The van der Waals surface area contributed by atoms with Crippen LogP contribution in [0.3, 0.4) is 0 Å². The molecule has 0 saturated carbocycles. The third kappa shape index (κ3) is 2.89. The summed E-state index contributed by atoms with van der Waals surface area (Å²) >= 11 is 0. The average Bonchev–Trinajstić information content (AvgIpc) is 3.30. The van der Waals surface area contributed by atoms with Gasteiger partial charge in [0.25, 0.3) is 0 Å². The lowest BCUT2D eigenvalue weighted by molar-refractivity contribution is 0.184. The first kappa shape index (κ1) is 14.9. The van der Waals surface area contributed by atoms with Crippen molar-refractivity contribution in [3.8, 4) is 17.3 Å². The topological polar surface area (TPSA) is 63.2 Å². The molecule has 1 fully saturated rings. The summed E-state index contributed by atoms with van der Waals surface area (Å²) in [5.41, 5.74) is 4.82. The second-order valence-electron chi connectivity index (χ2n) is 6.24. The van der Waals surface area contributed by atoms with Gasteiger partial charge < -0.3 is 4.74 Å². The monoisotopic (exact) mass is 318 g/mol. The standard InChI is InChI=1S/C19H18N4O/c20-11-14-3-5-17(6-4-14)18-9-16(2-1-15-7-8-24-12-15)10-19-21-13-22-23(18)19/h3-6,9-10,13,15H,1-2,7-8,12H2. The zero-order valence-electron chi connectivity index (χ0n) is 13.4. The Morgan fingerprint density at radius 3 is 2.88 bits per heavy atom. The maximum atomic E-state index is 8.97. The Bertz CT molecular complexity index is 886. The first-order chi connectivity index (χ1) is 11.8. The minimum absolute atomic E-state index is 0.658. The van der Waals surface area contributed by atoms with Gasteiger partial charge in [-0.2, -0.15) is 10.4 Å². The van der Waals surface area contributed by atoms with E-state index in [9.17, 15) is 0 Å². The van der Waals surface area contributed by atoms with E-state index in [4.69, 9.17) is 10.00 Å². The summed E-state index contributed by atoms with van der Waals surface area (Å²) in [4.78, 5) is 4.35. The van der Waals surface area contributed by atoms with Crippen LogP contribution in [0.25, 0.3) is 16.9 Å². The number of hydrogen-bond acceptors (Lipinski definition) is 4. The lowest BCUT2D eigenvalue weighted by atomic mass is 9.98. The SMILES string of the molecule is N#Cc1ccc(-c2cc(CCC3CCOC3)cc3ncnn23)cc1. The fourth-order valence-corrected chi connectivity index (χ4v) is 3.23. The number of nitriles is 1. The van der Waals surface area contributed by atoms with Crippen molar-refractivity contribution in [1.82, 2.24) is 14.6 Å². The van der Waals surface area contributed by atoms with Crippen LogP contribution in [-0.2, 0) is 11.2 Å². The first-order valence-corrected chi connectivity index (χ1v) is 8.24. The smallest absolute Gasteiger partial charge is 0.156 e. The van der Waals surface area contributed by atoms with Gasteiger partial charge in [-0.1, -0.05) is 12.1 Å². The van der Waals surface area contributed by atoms with E-state index in [0.29, 0.717) is 11.5 Å². The van der Waals surface area contributed by atoms with Crippen LogP contribution in [0.5, 0.6) is 0 Å². The van der Waals surface area contributed by atoms with Crippen molar-refractivity contribution in [2.75, 3.05) is 13.2 Å². The van der Waals surface area contributed by atoms with Gasteiger partial charge in [0, 0.05) is 18.8 Å². The lowest BCUT2D eigenvalue weighted by Gasteiger charge is -2.10. The zero-order valence-corrected chi connectivity index (χ0v) is 13.4. The van der Waals surface area contributed by atoms with E-state index in [-0.39, 0.29) is 0 Å². The average molecular weight is 318 g/mol. The van der Waals surface area contributed by atoms with Crippen molar-refractivity contribution < 1.29 is 4.74 Å². The molecule has 3 aromatic rings. The maximum absolute atomic E-state index is 8.97. The molecule has 0 amide bonds. The highest BCUT2D eigenvalue weighted by molar-refractivity contribution is 5.65. The molecule has 1 aliphatic rings. The van der Waals surface area contributed by atoms with Gasteiger partial charge in [0.1, 0.15) is 6.33 Å². The largest absolute Gasteiger partial charge is 0.381 e. The zero-order chi connectivity index (χ0) is 16.4. The van der Waals surface area contributed by atoms with E-state index in [0.717, 1.165) is 49.4 Å². The van der Waals surface area contributed by atoms with Crippen LogP contribution in [-0.4, -0.2) is 27.8 Å². The first-order valence-electron chi connectivity index (χ1n) is 8.24. The van der Waals surface area contributed by atoms with Crippen LogP contribution in [0.4, 0.5) is 0 Å². The fourth-order valence-electron chi connectivity index (χ4n) is 3.23. The molecule has 1 atom stereocenters. The minimum atomic E-state index is 0.658. The lowest BCUT2D eigenvalue weighted by Crippen LogP contribution is -2.03. The number of rotatable bonds is 4. The molecule has 120 valence electrons. The predicted octanol–water partition coefficient (Wildman–Crippen LogP) is 3.24. The van der Waals surface area contributed by atoms with E-state index in [2.05, 4.69) is 28.3 Å². The van der Waals surface area contributed by atoms with E-state index in [1.54, 1.807) is 6.33 Å². The van der Waals surface area contributed by atoms with E-state index in [1.807, 2.05) is 28.8 Å². The summed E-state index contributed by atoms with van der Waals surface area (Å²) in [7, 11) is 0. The number of fused-ring (bicyclic) bond motifs is 1. The highest BCUT2D eigenvalue weighted by Gasteiger charge is 2.16. The number of ether oxygens (including phenoxy) is 1. The fraction of sp³-hybridized carbons (Fsp3) is 0.316. The van der Waals surface area contributed by atoms with Gasteiger partial charge in [0.05, 0.1) is 17.3 Å². The molecule has 0 N–H and O–H groups in total. The third-order valence-electron chi connectivity index (χ3n) is 4.61. The second kappa shape index (κ2) is 6.42. The van der Waals surface area contributed by atoms with Crippen LogP contribution in [0.1, 0.15) is 24.0 Å². The number of nitrogens with zero attached hydrogens (tertiary/aromatic N) is 4. The van der Waals surface area contributed by atoms with E-state index < -0.39 is 0 Å². The van der Waals surface area contributed by atoms with Crippen LogP contribution in [0, 0.1) is 17.2 Å². The van der Waals surface area contributed by atoms with Gasteiger partial charge in [-0.05, 0) is 55.0 Å². The van der Waals surface area contributed by atoms with Gasteiger partial charge in [-0.25, -0.2) is 9.50 Å². The van der Waals surface area contributed by atoms with Gasteiger partial charge in [-0.15, -0.1) is 0 Å². The highest BCUT2D eigenvalue weighted by Crippen LogP contribution is 2.25. The number of benzene rings is 1. The van der Waals surface area contributed by atoms with Crippen molar-refractivity contribution >= 4 is 5.65 Å². The van der Waals surface area contributed by atoms with Crippen LogP contribution in [0.2, 0.25) is 0 Å². The molecule has 4 rings (SSSR count). The molecule has 1 saturated heterocycles. The summed E-state index contributed by atoms with van der Waals surface area (Å²) < 4.78 is 7.32. The molecule has 5 nitrogen and oxygen atoms in total. The number of hydrogen-bond donors (Lipinski definition) is 0. The Labute approximate surface area is 140 Å². The summed E-state index contributed by atoms with van der Waals surface area (Å²) in [6.07, 6.45) is 4.89. The Morgan fingerprint density at radius 1 is 1.25 bits per heavy atom. The molecule has 1 aromatic carbocycles. The molecule has 1 aliphatic heterocycles. The van der Waals surface area contributed by atoms with Crippen molar-refractivity contribution in [3.05, 3.63) is 53.9 Å². The molecule has 0 bridgehead atoms. The molecular formula is C19H18N4O. The molecule has 5 heteroatoms. The van der Waals surface area contributed by atoms with Gasteiger partial charge in [-0.3, -0.25) is 0 Å². The molecule has 2 aromatic heterocycles. The molecule has 0 aliphatic carbocycles. The molecule has 24 heavy (non-hydrogen) atoms. The Kier molecular flexibility index (Phi) is 3.97. The third-order valence-corrected chi connectivity index (χ3v) is 4.61. The molecular weight excluding hydrogens is 300 g/mol.